The number of halogens is 1. The van der Waals surface area contributed by atoms with Gasteiger partial charge >= 0.3 is 0 Å². The van der Waals surface area contributed by atoms with Crippen molar-refractivity contribution in [1.29, 1.82) is 0 Å². The summed E-state index contributed by atoms with van der Waals surface area (Å²) < 4.78 is 0. The molecule has 0 aliphatic carbocycles. The van der Waals surface area contributed by atoms with Crippen molar-refractivity contribution in [2.45, 2.75) is 77.3 Å². The zero-order valence-electron chi connectivity index (χ0n) is 20.5. The third kappa shape index (κ3) is 6.57. The van der Waals surface area contributed by atoms with Gasteiger partial charge in [-0.05, 0) is 48.7 Å². The first-order valence-electron chi connectivity index (χ1n) is 12.9. The van der Waals surface area contributed by atoms with Crippen molar-refractivity contribution in [2.24, 2.45) is 11.5 Å². The van der Waals surface area contributed by atoms with Crippen LogP contribution in [0.25, 0.3) is 21.5 Å². The number of Topliss-reactive ketones (excluding diaryl/α,β-unsaturated/α-hetero) is 1. The second kappa shape index (κ2) is 13.8. The smallest absolute Gasteiger partial charge is 0.180 e. The molecule has 1 atom stereocenters. The highest BCUT2D eigenvalue weighted by Crippen LogP contribution is 2.38. The molecule has 0 heterocycles. The zero-order valence-corrected chi connectivity index (χ0v) is 21.3. The van der Waals surface area contributed by atoms with Crippen molar-refractivity contribution in [3.8, 4) is 0 Å². The van der Waals surface area contributed by atoms with Crippen LogP contribution in [0.4, 0.5) is 0 Å². The van der Waals surface area contributed by atoms with Crippen LogP contribution in [-0.2, 0) is 6.54 Å². The van der Waals surface area contributed by atoms with E-state index in [1.807, 2.05) is 30.3 Å². The average Bonchev–Trinajstić information content (AvgIpc) is 2.86. The Morgan fingerprint density at radius 1 is 0.912 bits per heavy atom. The first-order valence-corrected chi connectivity index (χ1v) is 13.3. The molecule has 3 aromatic rings. The normalized spacial score (nSPS) is 12.5. The van der Waals surface area contributed by atoms with E-state index in [4.69, 9.17) is 23.1 Å². The SMILES string of the molecule is CCCCCCCCNCc1c2ccccc2c(Cl)c2c(C(=O)[C@@H](N)CCCCN)cccc12. The lowest BCUT2D eigenvalue weighted by molar-refractivity contribution is 0.0957. The Balaban J connectivity index is 1.88. The maximum absolute atomic E-state index is 13.3. The fourth-order valence-electron chi connectivity index (χ4n) is 4.74. The molecule has 0 aliphatic heterocycles. The summed E-state index contributed by atoms with van der Waals surface area (Å²) in [6.07, 6.45) is 10.0. The second-order valence-electron chi connectivity index (χ2n) is 9.27. The molecule has 4 nitrogen and oxygen atoms in total. The highest BCUT2D eigenvalue weighted by Gasteiger charge is 2.22. The highest BCUT2D eigenvalue weighted by molar-refractivity contribution is 6.42. The van der Waals surface area contributed by atoms with E-state index in [9.17, 15) is 4.79 Å². The molecule has 3 aromatic carbocycles. The minimum Gasteiger partial charge on any atom is -0.330 e. The van der Waals surface area contributed by atoms with E-state index in [1.54, 1.807) is 0 Å². The predicted molar refractivity (Wildman–Crippen MR) is 147 cm³/mol. The molecule has 0 saturated heterocycles. The Bertz CT molecular complexity index is 1080. The Labute approximate surface area is 209 Å². The van der Waals surface area contributed by atoms with Crippen molar-refractivity contribution < 1.29 is 4.79 Å². The monoisotopic (exact) mass is 481 g/mol. The van der Waals surface area contributed by atoms with E-state index >= 15 is 0 Å². The zero-order chi connectivity index (χ0) is 24.3. The van der Waals surface area contributed by atoms with Crippen LogP contribution >= 0.6 is 11.6 Å². The molecule has 0 radical (unpaired) electrons. The molecule has 184 valence electrons. The fourth-order valence-corrected chi connectivity index (χ4v) is 5.11. The second-order valence-corrected chi connectivity index (χ2v) is 9.64. The molecule has 0 aliphatic rings. The molecule has 3 rings (SSSR count). The van der Waals surface area contributed by atoms with Crippen molar-refractivity contribution in [3.05, 3.63) is 58.6 Å². The summed E-state index contributed by atoms with van der Waals surface area (Å²) in [5, 5.41) is 8.22. The van der Waals surface area contributed by atoms with Crippen molar-refractivity contribution in [2.75, 3.05) is 13.1 Å². The van der Waals surface area contributed by atoms with Crippen LogP contribution in [-0.4, -0.2) is 24.9 Å². The number of hydrogen-bond donors (Lipinski definition) is 3. The van der Waals surface area contributed by atoms with Crippen LogP contribution < -0.4 is 16.8 Å². The van der Waals surface area contributed by atoms with Crippen molar-refractivity contribution in [3.63, 3.8) is 0 Å². The van der Waals surface area contributed by atoms with E-state index in [2.05, 4.69) is 24.4 Å². The molecule has 0 amide bonds. The van der Waals surface area contributed by atoms with Gasteiger partial charge in [-0.15, -0.1) is 0 Å². The lowest BCUT2D eigenvalue weighted by Crippen LogP contribution is -2.30. The molecular weight excluding hydrogens is 442 g/mol. The summed E-state index contributed by atoms with van der Waals surface area (Å²) in [6.45, 7) is 4.58. The maximum atomic E-state index is 13.3. The van der Waals surface area contributed by atoms with Gasteiger partial charge in [0.25, 0.3) is 0 Å². The van der Waals surface area contributed by atoms with E-state index in [0.717, 1.165) is 47.5 Å². The quantitative estimate of drug-likeness (QED) is 0.127. The van der Waals surface area contributed by atoms with Crippen LogP contribution in [0.5, 0.6) is 0 Å². The molecule has 0 aromatic heterocycles. The van der Waals surface area contributed by atoms with Crippen LogP contribution in [0.15, 0.2) is 42.5 Å². The van der Waals surface area contributed by atoms with Crippen LogP contribution in [0.3, 0.4) is 0 Å². The lowest BCUT2D eigenvalue weighted by atomic mass is 9.90. The van der Waals surface area contributed by atoms with Crippen LogP contribution in [0.1, 0.15) is 80.6 Å². The lowest BCUT2D eigenvalue weighted by Gasteiger charge is -2.18. The minimum absolute atomic E-state index is 0.0502. The number of carbonyl (C=O) groups is 1. The molecule has 0 bridgehead atoms. The molecule has 5 N–H and O–H groups in total. The minimum atomic E-state index is -0.547. The summed E-state index contributed by atoms with van der Waals surface area (Å²) in [5.74, 6) is -0.0502. The maximum Gasteiger partial charge on any atom is 0.180 e. The number of nitrogens with two attached hydrogens (primary N) is 2. The number of nitrogens with one attached hydrogen (secondary N) is 1. The molecule has 0 spiro atoms. The third-order valence-corrected chi connectivity index (χ3v) is 7.07. The van der Waals surface area contributed by atoms with Gasteiger partial charge in [-0.1, -0.05) is 99.5 Å². The van der Waals surface area contributed by atoms with Gasteiger partial charge in [0.1, 0.15) is 0 Å². The third-order valence-electron chi connectivity index (χ3n) is 6.68. The summed E-state index contributed by atoms with van der Waals surface area (Å²) in [7, 11) is 0. The number of ketones is 1. The first kappa shape index (κ1) is 26.6. The first-order chi connectivity index (χ1) is 16.6. The Kier molecular flexibility index (Phi) is 10.8. The van der Waals surface area contributed by atoms with Crippen molar-refractivity contribution >= 4 is 38.9 Å². The highest BCUT2D eigenvalue weighted by atomic mass is 35.5. The summed E-state index contributed by atoms with van der Waals surface area (Å²) in [4.78, 5) is 13.3. The molecular formula is C29H40ClN3O. The van der Waals surface area contributed by atoms with E-state index in [-0.39, 0.29) is 5.78 Å². The average molecular weight is 482 g/mol. The summed E-state index contributed by atoms with van der Waals surface area (Å²) in [6, 6.07) is 13.5. The van der Waals surface area contributed by atoms with Crippen LogP contribution in [0, 0.1) is 0 Å². The van der Waals surface area contributed by atoms with Gasteiger partial charge in [-0.25, -0.2) is 0 Å². The molecule has 0 saturated carbocycles. The number of unbranched alkanes of at least 4 members (excludes halogenated alkanes) is 6. The standard InChI is InChI=1S/C29H40ClN3O/c1-2-3-4-5-6-11-19-33-20-25-21-13-7-8-14-23(21)28(30)27-22(25)15-12-16-24(27)29(34)26(32)17-9-10-18-31/h7-8,12-16,26,33H,2-6,9-11,17-20,31-32H2,1H3/t26-/m0/s1. The topological polar surface area (TPSA) is 81.1 Å². The fraction of sp³-hybridized carbons (Fsp3) is 0.483. The number of rotatable bonds is 15. The van der Waals surface area contributed by atoms with Crippen molar-refractivity contribution in [1.82, 2.24) is 5.32 Å². The summed E-state index contributed by atoms with van der Waals surface area (Å²) in [5.41, 5.74) is 13.7. The molecule has 5 heteroatoms. The number of carbonyl (C=O) groups excluding carboxylic acids is 1. The van der Waals surface area contributed by atoms with Gasteiger partial charge in [0.15, 0.2) is 5.78 Å². The van der Waals surface area contributed by atoms with Gasteiger partial charge in [0.05, 0.1) is 11.1 Å². The number of hydrogen-bond acceptors (Lipinski definition) is 4. The van der Waals surface area contributed by atoms with Gasteiger partial charge in [0.2, 0.25) is 0 Å². The number of benzene rings is 3. The number of fused-ring (bicyclic) bond motifs is 2. The van der Waals surface area contributed by atoms with E-state index < -0.39 is 6.04 Å². The van der Waals surface area contributed by atoms with Gasteiger partial charge in [-0.2, -0.15) is 0 Å². The largest absolute Gasteiger partial charge is 0.330 e. The molecule has 34 heavy (non-hydrogen) atoms. The Morgan fingerprint density at radius 2 is 1.62 bits per heavy atom. The molecule has 0 fully saturated rings. The van der Waals surface area contributed by atoms with Crippen LogP contribution in [0.2, 0.25) is 5.02 Å². The Morgan fingerprint density at radius 3 is 2.38 bits per heavy atom. The van der Waals surface area contributed by atoms with E-state index in [0.29, 0.717) is 23.6 Å². The van der Waals surface area contributed by atoms with Gasteiger partial charge in [0, 0.05) is 22.9 Å². The van der Waals surface area contributed by atoms with Gasteiger partial charge in [-0.3, -0.25) is 4.79 Å². The predicted octanol–water partition coefficient (Wildman–Crippen LogP) is 6.74. The molecule has 0 unspecified atom stereocenters. The Hall–Kier alpha value is -1.98. The summed E-state index contributed by atoms with van der Waals surface area (Å²) >= 11 is 6.94. The van der Waals surface area contributed by atoms with Gasteiger partial charge < -0.3 is 16.8 Å². The van der Waals surface area contributed by atoms with E-state index in [1.165, 1.54) is 44.1 Å².